The molecule has 0 saturated carbocycles. The summed E-state index contributed by atoms with van der Waals surface area (Å²) in [5.41, 5.74) is 0.321. The zero-order valence-corrected chi connectivity index (χ0v) is 18.9. The molecule has 0 atom stereocenters. The molecule has 1 aromatic carbocycles. The minimum absolute atomic E-state index is 0.0450. The third-order valence-corrected chi connectivity index (χ3v) is 9.26. The summed E-state index contributed by atoms with van der Waals surface area (Å²) in [6, 6.07) is 4.48. The van der Waals surface area contributed by atoms with Crippen molar-refractivity contribution in [1.29, 1.82) is 0 Å². The minimum Gasteiger partial charge on any atom is -0.492 e. The Bertz CT molecular complexity index is 984. The van der Waals surface area contributed by atoms with Crippen molar-refractivity contribution in [3.63, 3.8) is 0 Å². The molecule has 0 aromatic heterocycles. The standard InChI is InChI=1S/C19H28N2O7S2/c1-3-28-17-7-6-16(21-10-4-5-13-29(21,23)24)14-18(17)30(25,26)20-11-8-15(9-12-20)19(22)27-2/h6-7,14-15H,3-5,8-13H2,1-2H3. The summed E-state index contributed by atoms with van der Waals surface area (Å²) in [6.45, 7) is 2.70. The van der Waals surface area contributed by atoms with Gasteiger partial charge in [0.05, 0.1) is 31.1 Å². The Labute approximate surface area is 178 Å². The number of piperidine rings is 1. The van der Waals surface area contributed by atoms with Gasteiger partial charge < -0.3 is 9.47 Å². The predicted molar refractivity (Wildman–Crippen MR) is 111 cm³/mol. The molecular formula is C19H28N2O7S2. The molecule has 2 aliphatic heterocycles. The first kappa shape index (κ1) is 22.8. The Balaban J connectivity index is 1.93. The SMILES string of the molecule is CCOc1ccc(N2CCCCS2(=O)=O)cc1S(=O)(=O)N1CCC(C(=O)OC)CC1. The van der Waals surface area contributed by atoms with Crippen molar-refractivity contribution in [1.82, 2.24) is 4.31 Å². The maximum Gasteiger partial charge on any atom is 0.308 e. The topological polar surface area (TPSA) is 110 Å². The van der Waals surface area contributed by atoms with E-state index in [4.69, 9.17) is 9.47 Å². The Kier molecular flexibility index (Phi) is 6.93. The van der Waals surface area contributed by atoms with Crippen LogP contribution in [0.5, 0.6) is 5.75 Å². The van der Waals surface area contributed by atoms with Crippen LogP contribution in [-0.4, -0.2) is 66.2 Å². The average Bonchev–Trinajstić information content (AvgIpc) is 2.73. The van der Waals surface area contributed by atoms with Crippen molar-refractivity contribution in [3.8, 4) is 5.75 Å². The van der Waals surface area contributed by atoms with Gasteiger partial charge in [-0.1, -0.05) is 0 Å². The summed E-state index contributed by atoms with van der Waals surface area (Å²) >= 11 is 0. The monoisotopic (exact) mass is 460 g/mol. The van der Waals surface area contributed by atoms with E-state index in [0.29, 0.717) is 31.5 Å². The van der Waals surface area contributed by atoms with Crippen molar-refractivity contribution in [2.45, 2.75) is 37.5 Å². The van der Waals surface area contributed by atoms with E-state index in [-0.39, 0.29) is 48.0 Å². The molecule has 9 nitrogen and oxygen atoms in total. The number of methoxy groups -OCH3 is 1. The van der Waals surface area contributed by atoms with Gasteiger partial charge in [0, 0.05) is 19.6 Å². The number of ether oxygens (including phenoxy) is 2. The summed E-state index contributed by atoms with van der Waals surface area (Å²) in [6.07, 6.45) is 2.05. The Morgan fingerprint density at radius 1 is 1.17 bits per heavy atom. The molecule has 0 aliphatic carbocycles. The molecule has 0 radical (unpaired) electrons. The first-order chi connectivity index (χ1) is 14.2. The second-order valence-electron chi connectivity index (χ2n) is 7.36. The molecule has 0 bridgehead atoms. The smallest absolute Gasteiger partial charge is 0.308 e. The highest BCUT2D eigenvalue weighted by molar-refractivity contribution is 7.92. The van der Waals surface area contributed by atoms with E-state index in [9.17, 15) is 21.6 Å². The van der Waals surface area contributed by atoms with E-state index < -0.39 is 20.0 Å². The highest BCUT2D eigenvalue weighted by Gasteiger charge is 2.35. The Morgan fingerprint density at radius 2 is 1.87 bits per heavy atom. The lowest BCUT2D eigenvalue weighted by Crippen LogP contribution is -2.41. The van der Waals surface area contributed by atoms with Gasteiger partial charge in [-0.05, 0) is 50.8 Å². The Morgan fingerprint density at radius 3 is 2.47 bits per heavy atom. The fourth-order valence-electron chi connectivity index (χ4n) is 3.84. The normalized spacial score (nSPS) is 20.7. The highest BCUT2D eigenvalue weighted by atomic mass is 32.2. The number of nitrogens with zero attached hydrogens (tertiary/aromatic N) is 2. The van der Waals surface area contributed by atoms with E-state index in [2.05, 4.69) is 0 Å². The zero-order valence-electron chi connectivity index (χ0n) is 17.2. The molecule has 2 saturated heterocycles. The molecule has 0 spiro atoms. The fourth-order valence-corrected chi connectivity index (χ4v) is 7.10. The summed E-state index contributed by atoms with van der Waals surface area (Å²) in [5, 5.41) is 0. The third-order valence-electron chi connectivity index (χ3n) is 5.47. The van der Waals surface area contributed by atoms with Gasteiger partial charge in [-0.25, -0.2) is 16.8 Å². The highest BCUT2D eigenvalue weighted by Crippen LogP contribution is 2.35. The Hall–Kier alpha value is -1.85. The van der Waals surface area contributed by atoms with Crippen LogP contribution in [0, 0.1) is 5.92 Å². The molecule has 30 heavy (non-hydrogen) atoms. The van der Waals surface area contributed by atoms with E-state index in [1.807, 2.05) is 0 Å². The first-order valence-electron chi connectivity index (χ1n) is 10.1. The second kappa shape index (κ2) is 9.11. The van der Waals surface area contributed by atoms with Crippen LogP contribution in [0.25, 0.3) is 0 Å². The third kappa shape index (κ3) is 4.57. The molecule has 0 unspecified atom stereocenters. The number of hydrogen-bond acceptors (Lipinski definition) is 7. The van der Waals surface area contributed by atoms with E-state index >= 15 is 0 Å². The second-order valence-corrected chi connectivity index (χ2v) is 11.3. The van der Waals surface area contributed by atoms with Gasteiger partial charge in [-0.15, -0.1) is 0 Å². The molecule has 0 amide bonds. The van der Waals surface area contributed by atoms with Gasteiger partial charge in [0.2, 0.25) is 20.0 Å². The molecule has 2 heterocycles. The largest absolute Gasteiger partial charge is 0.492 e. The van der Waals surface area contributed by atoms with Crippen LogP contribution in [-0.2, 0) is 29.6 Å². The maximum atomic E-state index is 13.4. The lowest BCUT2D eigenvalue weighted by atomic mass is 9.99. The van der Waals surface area contributed by atoms with Crippen molar-refractivity contribution in [3.05, 3.63) is 18.2 Å². The number of rotatable bonds is 6. The predicted octanol–water partition coefficient (Wildman–Crippen LogP) is 1.59. The van der Waals surface area contributed by atoms with Gasteiger partial charge in [0.1, 0.15) is 10.6 Å². The average molecular weight is 461 g/mol. The fraction of sp³-hybridized carbons (Fsp3) is 0.632. The van der Waals surface area contributed by atoms with Crippen LogP contribution >= 0.6 is 0 Å². The minimum atomic E-state index is -3.93. The van der Waals surface area contributed by atoms with Gasteiger partial charge >= 0.3 is 5.97 Å². The molecule has 168 valence electrons. The van der Waals surface area contributed by atoms with Gasteiger partial charge in [0.15, 0.2) is 0 Å². The summed E-state index contributed by atoms with van der Waals surface area (Å²) in [5.74, 6) is -0.425. The first-order valence-corrected chi connectivity index (χ1v) is 13.1. The lowest BCUT2D eigenvalue weighted by Gasteiger charge is -2.31. The van der Waals surface area contributed by atoms with Crippen LogP contribution in [0.1, 0.15) is 32.6 Å². The van der Waals surface area contributed by atoms with Crippen LogP contribution in [0.15, 0.2) is 23.1 Å². The van der Waals surface area contributed by atoms with Crippen molar-refractivity contribution in [2.75, 3.05) is 43.4 Å². The quantitative estimate of drug-likeness (QED) is 0.593. The number of benzene rings is 1. The molecular weight excluding hydrogens is 432 g/mol. The summed E-state index contributed by atoms with van der Waals surface area (Å²) < 4.78 is 64.6. The number of sulfonamides is 2. The lowest BCUT2D eigenvalue weighted by molar-refractivity contribution is -0.146. The van der Waals surface area contributed by atoms with Gasteiger partial charge in [0.25, 0.3) is 0 Å². The molecule has 2 fully saturated rings. The maximum absolute atomic E-state index is 13.4. The summed E-state index contributed by atoms with van der Waals surface area (Å²) in [4.78, 5) is 11.7. The molecule has 3 rings (SSSR count). The van der Waals surface area contributed by atoms with Crippen molar-refractivity contribution in [2.24, 2.45) is 5.92 Å². The zero-order chi connectivity index (χ0) is 21.9. The van der Waals surface area contributed by atoms with Gasteiger partial charge in [-0.2, -0.15) is 4.31 Å². The number of esters is 1. The van der Waals surface area contributed by atoms with Crippen LogP contribution in [0.2, 0.25) is 0 Å². The van der Waals surface area contributed by atoms with Crippen LogP contribution in [0.4, 0.5) is 5.69 Å². The molecule has 0 N–H and O–H groups in total. The number of carbonyl (C=O) groups is 1. The van der Waals surface area contributed by atoms with Crippen molar-refractivity contribution < 1.29 is 31.1 Å². The molecule has 2 aliphatic rings. The number of carbonyl (C=O) groups excluding carboxylic acids is 1. The van der Waals surface area contributed by atoms with Crippen molar-refractivity contribution >= 4 is 31.7 Å². The van der Waals surface area contributed by atoms with Crippen LogP contribution < -0.4 is 9.04 Å². The number of hydrogen-bond donors (Lipinski definition) is 0. The molecule has 11 heteroatoms. The van der Waals surface area contributed by atoms with Gasteiger partial charge in [-0.3, -0.25) is 9.10 Å². The van der Waals surface area contributed by atoms with E-state index in [1.165, 1.54) is 27.9 Å². The number of anilines is 1. The van der Waals surface area contributed by atoms with E-state index in [1.54, 1.807) is 13.0 Å². The van der Waals surface area contributed by atoms with E-state index in [0.717, 1.165) is 6.42 Å². The molecule has 1 aromatic rings. The van der Waals surface area contributed by atoms with Crippen LogP contribution in [0.3, 0.4) is 0 Å². The summed E-state index contributed by atoms with van der Waals surface area (Å²) in [7, 11) is -6.09.